The molecule has 0 aliphatic carbocycles. The fourth-order valence-corrected chi connectivity index (χ4v) is 2.68. The normalized spacial score (nSPS) is 13.9. The smallest absolute Gasteiger partial charge is 0.407 e. The van der Waals surface area contributed by atoms with E-state index in [1.54, 1.807) is 20.8 Å². The van der Waals surface area contributed by atoms with Crippen LogP contribution in [0.15, 0.2) is 30.3 Å². The van der Waals surface area contributed by atoms with Crippen molar-refractivity contribution < 1.29 is 24.2 Å². The fourth-order valence-electron chi connectivity index (χ4n) is 2.68. The van der Waals surface area contributed by atoms with Crippen LogP contribution in [0.1, 0.15) is 53.0 Å². The van der Waals surface area contributed by atoms with Gasteiger partial charge in [-0.3, -0.25) is 4.79 Å². The molecular weight excluding hydrogens is 346 g/mol. The van der Waals surface area contributed by atoms with Gasteiger partial charge in [0.15, 0.2) is 0 Å². The van der Waals surface area contributed by atoms with E-state index in [-0.39, 0.29) is 18.3 Å². The van der Waals surface area contributed by atoms with Crippen LogP contribution < -0.4 is 5.32 Å². The van der Waals surface area contributed by atoms with Crippen LogP contribution in [-0.4, -0.2) is 35.4 Å². The number of aliphatic carboxylic acids is 1. The molecule has 0 saturated carbocycles. The molecule has 0 radical (unpaired) electrons. The van der Waals surface area contributed by atoms with E-state index in [9.17, 15) is 14.7 Å². The molecule has 0 aromatic heterocycles. The van der Waals surface area contributed by atoms with Gasteiger partial charge in [-0.25, -0.2) is 4.79 Å². The Hall–Kier alpha value is -2.08. The van der Waals surface area contributed by atoms with E-state index >= 15 is 0 Å². The second-order valence-corrected chi connectivity index (χ2v) is 8.18. The summed E-state index contributed by atoms with van der Waals surface area (Å²) in [6, 6.07) is 9.38. The van der Waals surface area contributed by atoms with Gasteiger partial charge in [0.2, 0.25) is 0 Å². The Morgan fingerprint density at radius 2 is 1.78 bits per heavy atom. The van der Waals surface area contributed by atoms with Crippen LogP contribution in [0, 0.1) is 11.8 Å². The van der Waals surface area contributed by atoms with Crippen molar-refractivity contribution in [3.8, 4) is 0 Å². The van der Waals surface area contributed by atoms with Crippen LogP contribution in [0.25, 0.3) is 0 Å². The number of hydrogen-bond acceptors (Lipinski definition) is 4. The van der Waals surface area contributed by atoms with Crippen molar-refractivity contribution in [3.05, 3.63) is 35.9 Å². The largest absolute Gasteiger partial charge is 0.481 e. The van der Waals surface area contributed by atoms with Gasteiger partial charge in [0, 0.05) is 6.04 Å². The minimum Gasteiger partial charge on any atom is -0.481 e. The Morgan fingerprint density at radius 1 is 1.15 bits per heavy atom. The SMILES string of the molecule is CC(C)[C@@H](COCc1ccccc1)C[C@@H](CC(=O)O)NC(=O)OC(C)(C)C. The molecule has 152 valence electrons. The minimum absolute atomic E-state index is 0.119. The summed E-state index contributed by atoms with van der Waals surface area (Å²) in [5.41, 5.74) is 0.461. The van der Waals surface area contributed by atoms with Gasteiger partial charge in [-0.05, 0) is 44.6 Å². The minimum atomic E-state index is -0.955. The molecule has 27 heavy (non-hydrogen) atoms. The van der Waals surface area contributed by atoms with Crippen molar-refractivity contribution >= 4 is 12.1 Å². The van der Waals surface area contributed by atoms with Gasteiger partial charge in [-0.15, -0.1) is 0 Å². The summed E-state index contributed by atoms with van der Waals surface area (Å²) in [6.45, 7) is 10.5. The van der Waals surface area contributed by atoms with Crippen molar-refractivity contribution in [1.29, 1.82) is 0 Å². The first kappa shape index (κ1) is 23.0. The molecule has 6 heteroatoms. The molecule has 1 rings (SSSR count). The molecule has 0 heterocycles. The first-order chi connectivity index (χ1) is 12.6. The molecule has 0 fully saturated rings. The Morgan fingerprint density at radius 3 is 2.30 bits per heavy atom. The standard InChI is InChI=1S/C21H33NO5/c1-15(2)17(14-26-13-16-9-7-6-8-10-16)11-18(12-19(23)24)22-20(25)27-21(3,4)5/h6-10,15,17-18H,11-14H2,1-5H3,(H,22,25)(H,23,24)/t17-,18+/m1/s1. The number of alkyl carbamates (subject to hydrolysis) is 1. The van der Waals surface area contributed by atoms with Crippen LogP contribution >= 0.6 is 0 Å². The van der Waals surface area contributed by atoms with Gasteiger partial charge in [0.05, 0.1) is 19.6 Å². The molecule has 2 atom stereocenters. The predicted octanol–water partition coefficient (Wildman–Crippen LogP) is 4.23. The van der Waals surface area contributed by atoms with Gasteiger partial charge in [0.1, 0.15) is 5.60 Å². The number of ether oxygens (including phenoxy) is 2. The van der Waals surface area contributed by atoms with Gasteiger partial charge in [0.25, 0.3) is 0 Å². The van der Waals surface area contributed by atoms with Gasteiger partial charge >= 0.3 is 12.1 Å². The molecule has 0 unspecified atom stereocenters. The summed E-state index contributed by atoms with van der Waals surface area (Å²) in [6.07, 6.45) is -0.236. The molecule has 1 amide bonds. The van der Waals surface area contributed by atoms with Crippen molar-refractivity contribution in [3.63, 3.8) is 0 Å². The number of carboxylic acid groups (broad SMARTS) is 1. The van der Waals surface area contributed by atoms with E-state index in [4.69, 9.17) is 9.47 Å². The highest BCUT2D eigenvalue weighted by Gasteiger charge is 2.25. The number of carbonyl (C=O) groups excluding carboxylic acids is 1. The quantitative estimate of drug-likeness (QED) is 0.635. The zero-order chi connectivity index (χ0) is 20.4. The monoisotopic (exact) mass is 379 g/mol. The third-order valence-electron chi connectivity index (χ3n) is 4.12. The average Bonchev–Trinajstić information content (AvgIpc) is 2.52. The maximum Gasteiger partial charge on any atom is 0.407 e. The van der Waals surface area contributed by atoms with E-state index in [0.29, 0.717) is 19.6 Å². The third kappa shape index (κ3) is 10.6. The molecule has 0 aliphatic heterocycles. The molecule has 0 saturated heterocycles. The number of rotatable bonds is 10. The highest BCUT2D eigenvalue weighted by Crippen LogP contribution is 2.20. The van der Waals surface area contributed by atoms with Crippen molar-refractivity contribution in [1.82, 2.24) is 5.32 Å². The van der Waals surface area contributed by atoms with E-state index in [1.807, 2.05) is 30.3 Å². The lowest BCUT2D eigenvalue weighted by Gasteiger charge is -2.27. The van der Waals surface area contributed by atoms with E-state index in [1.165, 1.54) is 0 Å². The lowest BCUT2D eigenvalue weighted by molar-refractivity contribution is -0.137. The second kappa shape index (κ2) is 10.9. The number of benzene rings is 1. The van der Waals surface area contributed by atoms with Gasteiger partial charge in [-0.2, -0.15) is 0 Å². The van der Waals surface area contributed by atoms with Crippen LogP contribution in [0.5, 0.6) is 0 Å². The Balaban J connectivity index is 2.63. The highest BCUT2D eigenvalue weighted by atomic mass is 16.6. The zero-order valence-electron chi connectivity index (χ0n) is 17.0. The Bertz CT molecular complexity index is 580. The number of nitrogens with one attached hydrogen (secondary N) is 1. The number of carboxylic acids is 1. The van der Waals surface area contributed by atoms with Crippen molar-refractivity contribution in [2.45, 2.75) is 65.7 Å². The molecule has 1 aromatic rings. The zero-order valence-corrected chi connectivity index (χ0v) is 17.0. The maximum atomic E-state index is 12.0. The lowest BCUT2D eigenvalue weighted by atomic mass is 9.89. The molecular formula is C21H33NO5. The lowest BCUT2D eigenvalue weighted by Crippen LogP contribution is -2.42. The number of hydrogen-bond donors (Lipinski definition) is 2. The van der Waals surface area contributed by atoms with Crippen LogP contribution in [0.3, 0.4) is 0 Å². The van der Waals surface area contributed by atoms with E-state index < -0.39 is 23.7 Å². The molecule has 0 aliphatic rings. The summed E-state index contributed by atoms with van der Waals surface area (Å²) >= 11 is 0. The highest BCUT2D eigenvalue weighted by molar-refractivity contribution is 5.71. The van der Waals surface area contributed by atoms with E-state index in [0.717, 1.165) is 5.56 Å². The predicted molar refractivity (Wildman–Crippen MR) is 104 cm³/mol. The summed E-state index contributed by atoms with van der Waals surface area (Å²) < 4.78 is 11.1. The third-order valence-corrected chi connectivity index (χ3v) is 4.12. The summed E-state index contributed by atoms with van der Waals surface area (Å²) in [4.78, 5) is 23.2. The summed E-state index contributed by atoms with van der Waals surface area (Å²) in [5.74, 6) is -0.547. The van der Waals surface area contributed by atoms with Gasteiger partial charge < -0.3 is 19.9 Å². The average molecular weight is 379 g/mol. The van der Waals surface area contributed by atoms with Gasteiger partial charge in [-0.1, -0.05) is 44.2 Å². The van der Waals surface area contributed by atoms with E-state index in [2.05, 4.69) is 19.2 Å². The van der Waals surface area contributed by atoms with Crippen molar-refractivity contribution in [2.75, 3.05) is 6.61 Å². The Labute approximate surface area is 162 Å². The number of carbonyl (C=O) groups is 2. The fraction of sp³-hybridized carbons (Fsp3) is 0.619. The van der Waals surface area contributed by atoms with Crippen LogP contribution in [0.2, 0.25) is 0 Å². The Kier molecular flexibility index (Phi) is 9.29. The van der Waals surface area contributed by atoms with Crippen LogP contribution in [0.4, 0.5) is 4.79 Å². The second-order valence-electron chi connectivity index (χ2n) is 8.18. The molecule has 2 N–H and O–H groups in total. The maximum absolute atomic E-state index is 12.0. The molecule has 6 nitrogen and oxygen atoms in total. The summed E-state index contributed by atoms with van der Waals surface area (Å²) in [5, 5.41) is 11.9. The first-order valence-corrected chi connectivity index (χ1v) is 9.39. The van der Waals surface area contributed by atoms with Crippen LogP contribution in [-0.2, 0) is 20.9 Å². The molecule has 0 spiro atoms. The summed E-state index contributed by atoms with van der Waals surface area (Å²) in [7, 11) is 0. The van der Waals surface area contributed by atoms with Crippen molar-refractivity contribution in [2.24, 2.45) is 11.8 Å². The first-order valence-electron chi connectivity index (χ1n) is 9.39. The topological polar surface area (TPSA) is 84.9 Å². The molecule has 0 bridgehead atoms. The molecule has 1 aromatic carbocycles. The number of amides is 1.